The van der Waals surface area contributed by atoms with E-state index in [1.807, 2.05) is 30.5 Å². The van der Waals surface area contributed by atoms with Gasteiger partial charge in [-0.1, -0.05) is 23.7 Å². The predicted molar refractivity (Wildman–Crippen MR) is 82.6 cm³/mol. The lowest BCUT2D eigenvalue weighted by Gasteiger charge is -2.28. The van der Waals surface area contributed by atoms with Crippen molar-refractivity contribution in [3.63, 3.8) is 0 Å². The van der Waals surface area contributed by atoms with Crippen molar-refractivity contribution in [1.82, 2.24) is 9.97 Å². The Morgan fingerprint density at radius 3 is 2.82 bits per heavy atom. The fraction of sp³-hybridized carbons (Fsp3) is 0.438. The molecule has 22 heavy (non-hydrogen) atoms. The number of benzene rings is 1. The standard InChI is InChI=1S/C16H19ClN2O3/c17-13-5-3-12(4-6-13)16(21-11-14(10-20)22-16)7-1-2-15-18-8-9-19-15/h3-6,8-9,14,20H,1-2,7,10-11H2,(H,18,19)/t14-,16+/m1/s1. The number of nitrogens with one attached hydrogen (secondary N) is 1. The molecule has 1 fully saturated rings. The van der Waals surface area contributed by atoms with Gasteiger partial charge in [-0.25, -0.2) is 4.98 Å². The molecule has 3 rings (SSSR count). The molecule has 0 amide bonds. The molecular formula is C16H19ClN2O3. The number of aliphatic hydroxyl groups excluding tert-OH is 1. The van der Waals surface area contributed by atoms with Crippen LogP contribution in [0.25, 0.3) is 0 Å². The molecule has 0 unspecified atom stereocenters. The first kappa shape index (κ1) is 15.5. The van der Waals surface area contributed by atoms with Gasteiger partial charge >= 0.3 is 0 Å². The van der Waals surface area contributed by atoms with Gasteiger partial charge in [-0.05, 0) is 18.6 Å². The molecular weight excluding hydrogens is 304 g/mol. The fourth-order valence-electron chi connectivity index (χ4n) is 2.71. The molecule has 2 N–H and O–H groups in total. The quantitative estimate of drug-likeness (QED) is 0.858. The predicted octanol–water partition coefficient (Wildman–Crippen LogP) is 2.65. The zero-order valence-electron chi connectivity index (χ0n) is 12.2. The van der Waals surface area contributed by atoms with E-state index in [2.05, 4.69) is 9.97 Å². The fourth-order valence-corrected chi connectivity index (χ4v) is 2.83. The van der Waals surface area contributed by atoms with Gasteiger partial charge in [-0.2, -0.15) is 0 Å². The third-order valence-corrected chi connectivity index (χ3v) is 4.07. The summed E-state index contributed by atoms with van der Waals surface area (Å²) < 4.78 is 11.9. The minimum Gasteiger partial charge on any atom is -0.394 e. The SMILES string of the molecule is OC[C@@H]1CO[C@](CCCc2ncc[nH]2)(c2ccc(Cl)cc2)O1. The normalized spacial score (nSPS) is 24.7. The van der Waals surface area contributed by atoms with Crippen LogP contribution in [0, 0.1) is 0 Å². The summed E-state index contributed by atoms with van der Waals surface area (Å²) >= 11 is 5.96. The minimum absolute atomic E-state index is 0.0481. The van der Waals surface area contributed by atoms with Crippen LogP contribution in [0.15, 0.2) is 36.7 Å². The smallest absolute Gasteiger partial charge is 0.195 e. The summed E-state index contributed by atoms with van der Waals surface area (Å²) in [5.41, 5.74) is 0.923. The molecule has 0 spiro atoms. The number of aliphatic hydroxyl groups is 1. The van der Waals surface area contributed by atoms with Crippen molar-refractivity contribution in [2.24, 2.45) is 0 Å². The van der Waals surface area contributed by atoms with Gasteiger partial charge in [0.1, 0.15) is 11.9 Å². The average Bonchev–Trinajstić information content (AvgIpc) is 3.18. The van der Waals surface area contributed by atoms with Crippen molar-refractivity contribution in [2.45, 2.75) is 31.2 Å². The molecule has 2 atom stereocenters. The Balaban J connectivity index is 1.73. The van der Waals surface area contributed by atoms with E-state index in [9.17, 15) is 5.11 Å². The summed E-state index contributed by atoms with van der Waals surface area (Å²) in [6, 6.07) is 7.47. The Morgan fingerprint density at radius 2 is 2.18 bits per heavy atom. The Morgan fingerprint density at radius 1 is 1.36 bits per heavy atom. The van der Waals surface area contributed by atoms with E-state index in [-0.39, 0.29) is 12.7 Å². The first-order chi connectivity index (χ1) is 10.7. The molecule has 5 nitrogen and oxygen atoms in total. The van der Waals surface area contributed by atoms with Crippen molar-refractivity contribution in [3.05, 3.63) is 53.1 Å². The van der Waals surface area contributed by atoms with Crippen LogP contribution in [0.3, 0.4) is 0 Å². The number of rotatable bonds is 6. The summed E-state index contributed by atoms with van der Waals surface area (Å²) in [4.78, 5) is 7.32. The van der Waals surface area contributed by atoms with E-state index in [1.165, 1.54) is 0 Å². The van der Waals surface area contributed by atoms with Gasteiger partial charge in [0.25, 0.3) is 0 Å². The van der Waals surface area contributed by atoms with E-state index >= 15 is 0 Å². The lowest BCUT2D eigenvalue weighted by Crippen LogP contribution is -2.29. The van der Waals surface area contributed by atoms with Crippen molar-refractivity contribution in [1.29, 1.82) is 0 Å². The molecule has 0 aliphatic carbocycles. The number of aromatic nitrogens is 2. The van der Waals surface area contributed by atoms with E-state index in [0.717, 1.165) is 24.2 Å². The number of aryl methyl sites for hydroxylation is 1. The van der Waals surface area contributed by atoms with Crippen molar-refractivity contribution >= 4 is 11.6 Å². The van der Waals surface area contributed by atoms with E-state index in [4.69, 9.17) is 21.1 Å². The zero-order chi connectivity index (χ0) is 15.4. The highest BCUT2D eigenvalue weighted by Crippen LogP contribution is 2.39. The summed E-state index contributed by atoms with van der Waals surface area (Å²) in [7, 11) is 0. The second kappa shape index (κ2) is 6.79. The average molecular weight is 323 g/mol. The van der Waals surface area contributed by atoms with Gasteiger partial charge in [-0.15, -0.1) is 0 Å². The topological polar surface area (TPSA) is 67.4 Å². The van der Waals surface area contributed by atoms with E-state index in [1.54, 1.807) is 6.20 Å². The van der Waals surface area contributed by atoms with Crippen LogP contribution >= 0.6 is 11.6 Å². The van der Waals surface area contributed by atoms with Gasteiger partial charge in [0.05, 0.1) is 13.2 Å². The van der Waals surface area contributed by atoms with Crippen molar-refractivity contribution in [2.75, 3.05) is 13.2 Å². The number of hydrogen-bond acceptors (Lipinski definition) is 4. The van der Waals surface area contributed by atoms with Crippen LogP contribution < -0.4 is 0 Å². The third-order valence-electron chi connectivity index (χ3n) is 3.82. The van der Waals surface area contributed by atoms with Crippen LogP contribution in [0.1, 0.15) is 24.2 Å². The molecule has 6 heteroatoms. The van der Waals surface area contributed by atoms with Crippen molar-refractivity contribution < 1.29 is 14.6 Å². The van der Waals surface area contributed by atoms with Crippen LogP contribution in [-0.4, -0.2) is 34.4 Å². The summed E-state index contributed by atoms with van der Waals surface area (Å²) in [6.45, 7) is 0.341. The molecule has 1 aromatic carbocycles. The second-order valence-electron chi connectivity index (χ2n) is 5.38. The minimum atomic E-state index is -0.815. The zero-order valence-corrected chi connectivity index (χ0v) is 12.9. The highest BCUT2D eigenvalue weighted by Gasteiger charge is 2.42. The number of H-pyrrole nitrogens is 1. The molecule has 1 aliphatic rings. The highest BCUT2D eigenvalue weighted by atomic mass is 35.5. The lowest BCUT2D eigenvalue weighted by molar-refractivity contribution is -0.185. The van der Waals surface area contributed by atoms with Gasteiger partial charge in [0, 0.05) is 35.8 Å². The first-order valence-electron chi connectivity index (χ1n) is 7.39. The van der Waals surface area contributed by atoms with Gasteiger partial charge < -0.3 is 19.6 Å². The maximum Gasteiger partial charge on any atom is 0.195 e. The lowest BCUT2D eigenvalue weighted by atomic mass is 9.99. The molecule has 118 valence electrons. The van der Waals surface area contributed by atoms with Crippen LogP contribution in [0.4, 0.5) is 0 Å². The number of halogens is 1. The van der Waals surface area contributed by atoms with Gasteiger partial charge in [0.15, 0.2) is 5.79 Å². The van der Waals surface area contributed by atoms with Gasteiger partial charge in [0.2, 0.25) is 0 Å². The third kappa shape index (κ3) is 3.33. The Hall–Kier alpha value is -1.40. The molecule has 0 saturated carbocycles. The van der Waals surface area contributed by atoms with Crippen LogP contribution in [0.5, 0.6) is 0 Å². The monoisotopic (exact) mass is 322 g/mol. The van der Waals surface area contributed by atoms with E-state index in [0.29, 0.717) is 18.1 Å². The maximum absolute atomic E-state index is 9.32. The Kier molecular flexibility index (Phi) is 4.78. The van der Waals surface area contributed by atoms with Crippen molar-refractivity contribution in [3.8, 4) is 0 Å². The first-order valence-corrected chi connectivity index (χ1v) is 7.76. The summed E-state index contributed by atoms with van der Waals surface area (Å²) in [5, 5.41) is 10.00. The molecule has 1 aliphatic heterocycles. The Labute approximate surface area is 134 Å². The van der Waals surface area contributed by atoms with Crippen LogP contribution in [-0.2, 0) is 21.7 Å². The highest BCUT2D eigenvalue weighted by molar-refractivity contribution is 6.30. The number of aromatic amines is 1. The molecule has 1 aromatic heterocycles. The number of hydrogen-bond donors (Lipinski definition) is 2. The largest absolute Gasteiger partial charge is 0.394 e. The summed E-state index contributed by atoms with van der Waals surface area (Å²) in [6.07, 6.45) is 5.63. The van der Waals surface area contributed by atoms with Crippen LogP contribution in [0.2, 0.25) is 5.02 Å². The Bertz CT molecular complexity index is 588. The number of nitrogens with zero attached hydrogens (tertiary/aromatic N) is 1. The second-order valence-corrected chi connectivity index (χ2v) is 5.82. The number of imidazole rings is 1. The summed E-state index contributed by atoms with van der Waals surface area (Å²) in [5.74, 6) is 0.132. The molecule has 0 bridgehead atoms. The molecule has 0 radical (unpaired) electrons. The maximum atomic E-state index is 9.32. The molecule has 1 saturated heterocycles. The molecule has 2 aromatic rings. The van der Waals surface area contributed by atoms with E-state index < -0.39 is 5.79 Å². The van der Waals surface area contributed by atoms with Gasteiger partial charge in [-0.3, -0.25) is 0 Å². The number of ether oxygens (including phenoxy) is 2. The molecule has 2 heterocycles.